The van der Waals surface area contributed by atoms with Crippen molar-refractivity contribution in [2.24, 2.45) is 5.73 Å². The number of benzene rings is 1. The molecule has 1 rings (SSSR count). The molecule has 0 heterocycles. The van der Waals surface area contributed by atoms with Gasteiger partial charge in [0, 0.05) is 6.07 Å². The topological polar surface area (TPSA) is 111 Å². The minimum Gasteiger partial charge on any atom is -0.493 e. The van der Waals surface area contributed by atoms with E-state index in [9.17, 15) is 10.1 Å². The summed E-state index contributed by atoms with van der Waals surface area (Å²) in [6, 6.07) is 3.94. The highest BCUT2D eigenvalue weighted by atomic mass is 16.6. The average Bonchev–Trinajstić information content (AvgIpc) is 2.25. The second-order valence-electron chi connectivity index (χ2n) is 2.91. The van der Waals surface area contributed by atoms with E-state index >= 15 is 0 Å². The van der Waals surface area contributed by atoms with Gasteiger partial charge in [-0.3, -0.25) is 15.5 Å². The quantitative estimate of drug-likeness (QED) is 0.335. The van der Waals surface area contributed by atoms with Gasteiger partial charge < -0.3 is 15.2 Å². The molecule has 1 aromatic rings. The Hall–Kier alpha value is -2.31. The summed E-state index contributed by atoms with van der Waals surface area (Å²) in [7, 11) is 1.37. The number of ether oxygens (including phenoxy) is 2. The van der Waals surface area contributed by atoms with Crippen LogP contribution in [-0.4, -0.2) is 24.5 Å². The summed E-state index contributed by atoms with van der Waals surface area (Å²) in [5, 5.41) is 17.5. The molecule has 0 spiro atoms. The fourth-order valence-electron chi connectivity index (χ4n) is 1.04. The van der Waals surface area contributed by atoms with Crippen LogP contribution in [0.2, 0.25) is 0 Å². The van der Waals surface area contributed by atoms with Crippen LogP contribution in [0, 0.1) is 15.5 Å². The van der Waals surface area contributed by atoms with E-state index in [-0.39, 0.29) is 23.9 Å². The van der Waals surface area contributed by atoms with E-state index in [1.165, 1.54) is 25.3 Å². The number of nitrogens with two attached hydrogens (primary N) is 1. The third-order valence-electron chi connectivity index (χ3n) is 1.74. The highest BCUT2D eigenvalue weighted by Gasteiger charge is 2.12. The highest BCUT2D eigenvalue weighted by Crippen LogP contribution is 2.30. The van der Waals surface area contributed by atoms with Crippen molar-refractivity contribution in [2.75, 3.05) is 13.7 Å². The van der Waals surface area contributed by atoms with Gasteiger partial charge in [-0.05, 0) is 6.07 Å². The van der Waals surface area contributed by atoms with Crippen LogP contribution in [0.25, 0.3) is 0 Å². The Labute approximate surface area is 91.4 Å². The number of methoxy groups -OCH3 is 1. The van der Waals surface area contributed by atoms with Crippen LogP contribution in [0.15, 0.2) is 18.2 Å². The normalized spacial score (nSPS) is 9.56. The number of rotatable bonds is 5. The maximum absolute atomic E-state index is 10.5. The summed E-state index contributed by atoms with van der Waals surface area (Å²) < 4.78 is 10.1. The van der Waals surface area contributed by atoms with Crippen LogP contribution in [-0.2, 0) is 0 Å². The summed E-state index contributed by atoms with van der Waals surface area (Å²) in [5.41, 5.74) is 5.03. The lowest BCUT2D eigenvalue weighted by molar-refractivity contribution is -0.384. The summed E-state index contributed by atoms with van der Waals surface area (Å²) in [5.74, 6) is 0.402. The first-order valence-corrected chi connectivity index (χ1v) is 4.32. The van der Waals surface area contributed by atoms with E-state index in [4.69, 9.17) is 20.6 Å². The minimum absolute atomic E-state index is 0.0891. The van der Waals surface area contributed by atoms with E-state index in [1.54, 1.807) is 0 Å². The molecule has 0 aliphatic rings. The van der Waals surface area contributed by atoms with E-state index in [2.05, 4.69) is 0 Å². The molecule has 0 saturated heterocycles. The number of nitro benzene ring substituents is 1. The van der Waals surface area contributed by atoms with Crippen molar-refractivity contribution in [3.8, 4) is 11.5 Å². The maximum Gasteiger partial charge on any atom is 0.273 e. The van der Waals surface area contributed by atoms with Crippen LogP contribution in [0.4, 0.5) is 5.69 Å². The molecule has 1 aromatic carbocycles. The van der Waals surface area contributed by atoms with E-state index in [0.29, 0.717) is 5.75 Å². The Morgan fingerprint density at radius 1 is 1.56 bits per heavy atom. The Morgan fingerprint density at radius 3 is 2.75 bits per heavy atom. The Kier molecular flexibility index (Phi) is 3.65. The molecule has 0 radical (unpaired) electrons. The summed E-state index contributed by atoms with van der Waals surface area (Å²) in [6.45, 7) is -0.0891. The Morgan fingerprint density at radius 2 is 2.25 bits per heavy atom. The molecule has 16 heavy (non-hydrogen) atoms. The molecular weight excluding hydrogens is 214 g/mol. The predicted octanol–water partition coefficient (Wildman–Crippen LogP) is 0.918. The molecule has 0 amide bonds. The van der Waals surface area contributed by atoms with E-state index < -0.39 is 4.92 Å². The van der Waals surface area contributed by atoms with Gasteiger partial charge in [-0.15, -0.1) is 0 Å². The summed E-state index contributed by atoms with van der Waals surface area (Å²) >= 11 is 0. The van der Waals surface area contributed by atoms with Crippen molar-refractivity contribution < 1.29 is 14.4 Å². The first-order valence-electron chi connectivity index (χ1n) is 4.32. The van der Waals surface area contributed by atoms with Crippen molar-refractivity contribution in [1.82, 2.24) is 0 Å². The standard InChI is InChI=1S/C9H11N3O4/c1-15-8-4-6(12(13)14)2-3-7(8)16-5-9(10)11/h2-4H,5H2,1H3,(H3,10,11). The highest BCUT2D eigenvalue weighted by molar-refractivity contribution is 5.78. The zero-order valence-corrected chi connectivity index (χ0v) is 8.60. The molecule has 0 saturated carbocycles. The van der Waals surface area contributed by atoms with Crippen LogP contribution in [0.3, 0.4) is 0 Å². The average molecular weight is 225 g/mol. The number of nitrogens with one attached hydrogen (secondary N) is 1. The van der Waals surface area contributed by atoms with Crippen molar-refractivity contribution in [3.05, 3.63) is 28.3 Å². The van der Waals surface area contributed by atoms with Gasteiger partial charge >= 0.3 is 0 Å². The first-order chi connectivity index (χ1) is 7.54. The second-order valence-corrected chi connectivity index (χ2v) is 2.91. The van der Waals surface area contributed by atoms with Crippen LogP contribution in [0.5, 0.6) is 11.5 Å². The Balaban J connectivity index is 2.93. The molecule has 7 heteroatoms. The number of non-ortho nitro benzene ring substituents is 1. The second kappa shape index (κ2) is 4.96. The number of hydrogen-bond donors (Lipinski definition) is 2. The molecule has 7 nitrogen and oxygen atoms in total. The molecule has 0 bridgehead atoms. The van der Waals surface area contributed by atoms with Gasteiger partial charge in [-0.1, -0.05) is 0 Å². The fourth-order valence-corrected chi connectivity index (χ4v) is 1.04. The molecule has 86 valence electrons. The molecule has 0 aliphatic heterocycles. The number of nitrogens with zero attached hydrogens (tertiary/aromatic N) is 1. The van der Waals surface area contributed by atoms with Crippen molar-refractivity contribution in [3.63, 3.8) is 0 Å². The Bertz CT molecular complexity index is 419. The van der Waals surface area contributed by atoms with Gasteiger partial charge in [0.25, 0.3) is 5.69 Å². The zero-order chi connectivity index (χ0) is 12.1. The lowest BCUT2D eigenvalue weighted by Gasteiger charge is -2.09. The third-order valence-corrected chi connectivity index (χ3v) is 1.74. The smallest absolute Gasteiger partial charge is 0.273 e. The molecule has 3 N–H and O–H groups in total. The van der Waals surface area contributed by atoms with Gasteiger partial charge in [-0.2, -0.15) is 0 Å². The minimum atomic E-state index is -0.530. The van der Waals surface area contributed by atoms with Gasteiger partial charge in [-0.25, -0.2) is 0 Å². The summed E-state index contributed by atoms with van der Waals surface area (Å²) in [4.78, 5) is 9.97. The number of nitro groups is 1. The molecule has 0 aliphatic carbocycles. The van der Waals surface area contributed by atoms with E-state index in [1.807, 2.05) is 0 Å². The molecule has 0 atom stereocenters. The third kappa shape index (κ3) is 2.84. The first kappa shape index (κ1) is 11.8. The molecule has 0 unspecified atom stereocenters. The van der Waals surface area contributed by atoms with Crippen LogP contribution < -0.4 is 15.2 Å². The van der Waals surface area contributed by atoms with Gasteiger partial charge in [0.05, 0.1) is 18.1 Å². The molecule has 0 aromatic heterocycles. The number of amidine groups is 1. The maximum atomic E-state index is 10.5. The fraction of sp³-hybridized carbons (Fsp3) is 0.222. The lowest BCUT2D eigenvalue weighted by atomic mass is 10.3. The summed E-state index contributed by atoms with van der Waals surface area (Å²) in [6.07, 6.45) is 0. The monoisotopic (exact) mass is 225 g/mol. The molecule has 0 fully saturated rings. The van der Waals surface area contributed by atoms with Crippen LogP contribution in [0.1, 0.15) is 0 Å². The lowest BCUT2D eigenvalue weighted by Crippen LogP contribution is -2.19. The van der Waals surface area contributed by atoms with Crippen molar-refractivity contribution in [1.29, 1.82) is 5.41 Å². The van der Waals surface area contributed by atoms with Gasteiger partial charge in [0.1, 0.15) is 12.4 Å². The van der Waals surface area contributed by atoms with Gasteiger partial charge in [0.2, 0.25) is 0 Å². The van der Waals surface area contributed by atoms with Crippen molar-refractivity contribution >= 4 is 11.5 Å². The van der Waals surface area contributed by atoms with Gasteiger partial charge in [0.15, 0.2) is 11.5 Å². The predicted molar refractivity (Wildman–Crippen MR) is 57.1 cm³/mol. The number of hydrogen-bond acceptors (Lipinski definition) is 5. The largest absolute Gasteiger partial charge is 0.493 e. The SMILES string of the molecule is COc1cc([N+](=O)[O-])ccc1OCC(=N)N. The van der Waals surface area contributed by atoms with E-state index in [0.717, 1.165) is 0 Å². The molecular formula is C9H11N3O4. The van der Waals surface area contributed by atoms with Crippen molar-refractivity contribution in [2.45, 2.75) is 0 Å². The van der Waals surface area contributed by atoms with Crippen LogP contribution >= 0.6 is 0 Å². The zero-order valence-electron chi connectivity index (χ0n) is 8.60.